The van der Waals surface area contributed by atoms with Gasteiger partial charge in [0.2, 0.25) is 5.91 Å². The number of anilines is 1. The zero-order chi connectivity index (χ0) is 18.8. The number of nitrogens with one attached hydrogen (secondary N) is 1. The molecule has 1 aliphatic rings. The minimum Gasteiger partial charge on any atom is -0.364 e. The second kappa shape index (κ2) is 7.32. The predicted octanol–water partition coefficient (Wildman–Crippen LogP) is 1.52. The van der Waals surface area contributed by atoms with Gasteiger partial charge in [-0.25, -0.2) is 15.0 Å². The summed E-state index contributed by atoms with van der Waals surface area (Å²) in [5.41, 5.74) is 3.89. The molecule has 8 nitrogen and oxygen atoms in total. The number of hydrogen-bond acceptors (Lipinski definition) is 6. The van der Waals surface area contributed by atoms with Crippen LogP contribution in [0.4, 0.5) is 5.82 Å². The number of benzene rings is 1. The molecule has 4 rings (SSSR count). The van der Waals surface area contributed by atoms with Crippen LogP contribution < -0.4 is 4.90 Å². The van der Waals surface area contributed by atoms with Crippen molar-refractivity contribution >= 4 is 22.8 Å². The summed E-state index contributed by atoms with van der Waals surface area (Å²) in [5.74, 6) is 1.60. The van der Waals surface area contributed by atoms with E-state index in [9.17, 15) is 4.79 Å². The van der Waals surface area contributed by atoms with Crippen LogP contribution in [0.25, 0.3) is 11.0 Å². The third-order valence-corrected chi connectivity index (χ3v) is 4.66. The van der Waals surface area contributed by atoms with E-state index in [2.05, 4.69) is 19.9 Å². The molecule has 3 aromatic rings. The summed E-state index contributed by atoms with van der Waals surface area (Å²) < 4.78 is 5.59. The summed E-state index contributed by atoms with van der Waals surface area (Å²) in [5, 5.41) is 0. The van der Waals surface area contributed by atoms with E-state index in [1.807, 2.05) is 43.3 Å². The van der Waals surface area contributed by atoms with Crippen LogP contribution in [-0.2, 0) is 29.1 Å². The largest absolute Gasteiger partial charge is 0.364 e. The number of fused-ring (bicyclic) bond motifs is 2. The van der Waals surface area contributed by atoms with Gasteiger partial charge < -0.3 is 19.5 Å². The third-order valence-electron chi connectivity index (χ3n) is 4.66. The highest BCUT2D eigenvalue weighted by molar-refractivity contribution is 5.78. The number of aromatic nitrogens is 4. The number of nitrogens with zero attached hydrogens (tertiary/aromatic N) is 5. The molecular formula is C19H22N6O2. The molecule has 0 saturated carbocycles. The molecule has 0 unspecified atom stereocenters. The topological polar surface area (TPSA) is 87.2 Å². The van der Waals surface area contributed by atoms with Crippen molar-refractivity contribution in [1.82, 2.24) is 24.8 Å². The zero-order valence-electron chi connectivity index (χ0n) is 15.5. The van der Waals surface area contributed by atoms with Gasteiger partial charge in [0, 0.05) is 26.2 Å². The molecule has 3 heterocycles. The van der Waals surface area contributed by atoms with Crippen molar-refractivity contribution in [3.63, 3.8) is 0 Å². The number of H-pyrrole nitrogens is 1. The maximum absolute atomic E-state index is 12.5. The van der Waals surface area contributed by atoms with Crippen LogP contribution >= 0.6 is 0 Å². The summed E-state index contributed by atoms with van der Waals surface area (Å²) >= 11 is 0. The molecular weight excluding hydrogens is 344 g/mol. The van der Waals surface area contributed by atoms with Crippen molar-refractivity contribution in [3.8, 4) is 0 Å². The minimum atomic E-state index is -0.0400. The van der Waals surface area contributed by atoms with Gasteiger partial charge in [0.1, 0.15) is 31.2 Å². The van der Waals surface area contributed by atoms with Crippen molar-refractivity contribution < 1.29 is 9.53 Å². The zero-order valence-corrected chi connectivity index (χ0v) is 15.5. The number of carbonyl (C=O) groups excluding carboxylic acids is 1. The van der Waals surface area contributed by atoms with Crippen LogP contribution in [0.5, 0.6) is 0 Å². The van der Waals surface area contributed by atoms with Gasteiger partial charge in [0.25, 0.3) is 0 Å². The fourth-order valence-electron chi connectivity index (χ4n) is 3.34. The van der Waals surface area contributed by atoms with E-state index in [0.29, 0.717) is 13.1 Å². The Morgan fingerprint density at radius 3 is 2.96 bits per heavy atom. The fourth-order valence-corrected chi connectivity index (χ4v) is 3.34. The van der Waals surface area contributed by atoms with Crippen LogP contribution in [0.3, 0.4) is 0 Å². The van der Waals surface area contributed by atoms with E-state index < -0.39 is 0 Å². The van der Waals surface area contributed by atoms with Crippen LogP contribution in [0, 0.1) is 0 Å². The highest BCUT2D eigenvalue weighted by Crippen LogP contribution is 2.24. The van der Waals surface area contributed by atoms with Gasteiger partial charge in [0.15, 0.2) is 0 Å². The first-order chi connectivity index (χ1) is 13.1. The Bertz CT molecular complexity index is 935. The Morgan fingerprint density at radius 1 is 1.30 bits per heavy atom. The molecule has 8 heteroatoms. The number of para-hydroxylation sites is 2. The number of rotatable bonds is 5. The Kier molecular flexibility index (Phi) is 4.72. The van der Waals surface area contributed by atoms with Crippen molar-refractivity contribution in [2.24, 2.45) is 0 Å². The molecule has 2 aromatic heterocycles. The first-order valence-electron chi connectivity index (χ1n) is 8.91. The van der Waals surface area contributed by atoms with Gasteiger partial charge >= 0.3 is 0 Å². The quantitative estimate of drug-likeness (QED) is 0.737. The van der Waals surface area contributed by atoms with E-state index in [1.54, 1.807) is 11.2 Å². The van der Waals surface area contributed by atoms with Crippen molar-refractivity contribution in [1.29, 1.82) is 0 Å². The van der Waals surface area contributed by atoms with E-state index in [-0.39, 0.29) is 19.1 Å². The van der Waals surface area contributed by atoms with Gasteiger partial charge in [-0.05, 0) is 18.6 Å². The molecule has 0 saturated heterocycles. The summed E-state index contributed by atoms with van der Waals surface area (Å²) in [6.07, 6.45) is 2.30. The lowest BCUT2D eigenvalue weighted by molar-refractivity contribution is -0.137. The van der Waals surface area contributed by atoms with E-state index >= 15 is 0 Å². The first-order valence-corrected chi connectivity index (χ1v) is 8.91. The summed E-state index contributed by atoms with van der Waals surface area (Å²) in [7, 11) is 3.93. The van der Waals surface area contributed by atoms with Crippen LogP contribution in [0.15, 0.2) is 30.6 Å². The van der Waals surface area contributed by atoms with Gasteiger partial charge in [-0.3, -0.25) is 4.79 Å². The SMILES string of the molecule is CN(C)c1ncnc2c1CCN(C(=O)COCc1nc3ccccc3[nH]1)C2. The Labute approximate surface area is 157 Å². The number of amides is 1. The number of ether oxygens (including phenoxy) is 1. The highest BCUT2D eigenvalue weighted by Gasteiger charge is 2.24. The van der Waals surface area contributed by atoms with E-state index in [1.165, 1.54) is 0 Å². The highest BCUT2D eigenvalue weighted by atomic mass is 16.5. The van der Waals surface area contributed by atoms with Crippen molar-refractivity contribution in [3.05, 3.63) is 47.7 Å². The summed E-state index contributed by atoms with van der Waals surface area (Å²) in [6, 6.07) is 7.80. The molecule has 1 aliphatic heterocycles. The molecule has 1 amide bonds. The van der Waals surface area contributed by atoms with E-state index in [0.717, 1.165) is 40.4 Å². The maximum atomic E-state index is 12.5. The number of hydrogen-bond donors (Lipinski definition) is 1. The molecule has 0 aliphatic carbocycles. The lowest BCUT2D eigenvalue weighted by Gasteiger charge is -2.30. The monoisotopic (exact) mass is 366 g/mol. The Balaban J connectivity index is 1.34. The Morgan fingerprint density at radius 2 is 2.15 bits per heavy atom. The lowest BCUT2D eigenvalue weighted by atomic mass is 10.1. The summed E-state index contributed by atoms with van der Waals surface area (Å²) in [6.45, 7) is 1.44. The first kappa shape index (κ1) is 17.4. The smallest absolute Gasteiger partial charge is 0.248 e. The van der Waals surface area contributed by atoms with Crippen LogP contribution in [0.1, 0.15) is 17.1 Å². The number of imidazole rings is 1. The third kappa shape index (κ3) is 3.61. The molecule has 0 bridgehead atoms. The predicted molar refractivity (Wildman–Crippen MR) is 101 cm³/mol. The van der Waals surface area contributed by atoms with Crippen molar-refractivity contribution in [2.75, 3.05) is 32.1 Å². The van der Waals surface area contributed by atoms with Gasteiger partial charge in [-0.1, -0.05) is 12.1 Å². The molecule has 1 aromatic carbocycles. The van der Waals surface area contributed by atoms with Crippen molar-refractivity contribution in [2.45, 2.75) is 19.6 Å². The van der Waals surface area contributed by atoms with Crippen LogP contribution in [0.2, 0.25) is 0 Å². The molecule has 1 N–H and O–H groups in total. The second-order valence-corrected chi connectivity index (χ2v) is 6.78. The fraction of sp³-hybridized carbons (Fsp3) is 0.368. The summed E-state index contributed by atoms with van der Waals surface area (Å²) in [4.78, 5) is 32.6. The Hall–Kier alpha value is -3.00. The molecule has 0 fully saturated rings. The molecule has 27 heavy (non-hydrogen) atoms. The van der Waals surface area contributed by atoms with Gasteiger partial charge in [-0.2, -0.15) is 0 Å². The lowest BCUT2D eigenvalue weighted by Crippen LogP contribution is -2.39. The number of carbonyl (C=O) groups is 1. The molecule has 0 spiro atoms. The van der Waals surface area contributed by atoms with Gasteiger partial charge in [0.05, 0.1) is 23.3 Å². The standard InChI is InChI=1S/C19H22N6O2/c1-24(2)19-13-7-8-25(9-16(13)20-12-21-19)18(26)11-27-10-17-22-14-5-3-4-6-15(14)23-17/h3-6,12H,7-11H2,1-2H3,(H,22,23). The van der Waals surface area contributed by atoms with Gasteiger partial charge in [-0.15, -0.1) is 0 Å². The molecule has 0 atom stereocenters. The maximum Gasteiger partial charge on any atom is 0.248 e. The van der Waals surface area contributed by atoms with Crippen LogP contribution in [-0.4, -0.2) is 58.0 Å². The minimum absolute atomic E-state index is 0.0258. The average molecular weight is 366 g/mol. The van der Waals surface area contributed by atoms with E-state index in [4.69, 9.17) is 4.74 Å². The molecule has 0 radical (unpaired) electrons. The normalized spacial score (nSPS) is 13.6. The average Bonchev–Trinajstić information content (AvgIpc) is 3.09. The molecule has 140 valence electrons. The second-order valence-electron chi connectivity index (χ2n) is 6.78. The number of aromatic amines is 1.